The van der Waals surface area contributed by atoms with Crippen LogP contribution < -0.4 is 0 Å². The molecular weight excluding hydrogens is 158 g/mol. The molecule has 4 heteroatoms. The standard InChI is InChI=1S/C8H14NO3/c1-8(2)11-5-7(12-8)6-3-4-9(6)10/h6-7H,3-5H2,1-2H3/q-1/t6?,7-/m0/s1. The van der Waals surface area contributed by atoms with Gasteiger partial charge in [0.2, 0.25) is 0 Å². The molecule has 0 spiro atoms. The molecule has 2 atom stereocenters. The van der Waals surface area contributed by atoms with Crippen LogP contribution in [0.1, 0.15) is 20.3 Å². The Labute approximate surface area is 72.0 Å². The number of rotatable bonds is 1. The van der Waals surface area contributed by atoms with Crippen LogP contribution in [0.3, 0.4) is 0 Å². The van der Waals surface area contributed by atoms with Gasteiger partial charge in [0.25, 0.3) is 0 Å². The summed E-state index contributed by atoms with van der Waals surface area (Å²) in [5, 5.41) is 12.1. The Hall–Kier alpha value is -0.160. The zero-order valence-electron chi connectivity index (χ0n) is 7.45. The van der Waals surface area contributed by atoms with Crippen molar-refractivity contribution < 1.29 is 9.47 Å². The SMILES string of the molecule is CC1(C)OC[C@@H](C2CCN2[O-])O1. The molecule has 0 aromatic rings. The summed E-state index contributed by atoms with van der Waals surface area (Å²) in [6, 6.07) is 0.0341. The zero-order chi connectivity index (χ0) is 8.77. The van der Waals surface area contributed by atoms with Crippen LogP contribution in [0.15, 0.2) is 0 Å². The van der Waals surface area contributed by atoms with Crippen molar-refractivity contribution in [1.29, 1.82) is 0 Å². The number of ether oxygens (including phenoxy) is 2. The maximum Gasteiger partial charge on any atom is 0.163 e. The highest BCUT2D eigenvalue weighted by atomic mass is 16.7. The minimum Gasteiger partial charge on any atom is -0.785 e. The molecule has 2 rings (SSSR count). The van der Waals surface area contributed by atoms with Gasteiger partial charge in [0.15, 0.2) is 5.79 Å². The van der Waals surface area contributed by atoms with Crippen LogP contribution in [0.2, 0.25) is 0 Å². The summed E-state index contributed by atoms with van der Waals surface area (Å²) in [4.78, 5) is 0. The number of hydroxylamine groups is 2. The summed E-state index contributed by atoms with van der Waals surface area (Å²) in [5.74, 6) is -0.499. The van der Waals surface area contributed by atoms with Crippen LogP contribution >= 0.6 is 0 Å². The third-order valence-electron chi connectivity index (χ3n) is 2.47. The van der Waals surface area contributed by atoms with Crippen LogP contribution in [0.25, 0.3) is 0 Å². The first-order valence-electron chi connectivity index (χ1n) is 4.34. The van der Waals surface area contributed by atoms with Crippen molar-refractivity contribution in [2.24, 2.45) is 0 Å². The van der Waals surface area contributed by atoms with Gasteiger partial charge in [-0.25, -0.2) is 0 Å². The summed E-state index contributed by atoms with van der Waals surface area (Å²) in [6.07, 6.45) is 0.916. The van der Waals surface area contributed by atoms with Crippen molar-refractivity contribution in [2.45, 2.75) is 38.2 Å². The lowest BCUT2D eigenvalue weighted by Gasteiger charge is -2.48. The fourth-order valence-corrected chi connectivity index (χ4v) is 1.66. The minimum absolute atomic E-state index is 0.0220. The van der Waals surface area contributed by atoms with E-state index in [4.69, 9.17) is 9.47 Å². The predicted octanol–water partition coefficient (Wildman–Crippen LogP) is 0.710. The lowest BCUT2D eigenvalue weighted by atomic mass is 10.0. The van der Waals surface area contributed by atoms with Gasteiger partial charge in [-0.1, -0.05) is 0 Å². The molecule has 0 amide bonds. The molecule has 0 aliphatic carbocycles. The second-order valence-electron chi connectivity index (χ2n) is 3.86. The molecule has 2 aliphatic rings. The first-order chi connectivity index (χ1) is 5.58. The van der Waals surface area contributed by atoms with Gasteiger partial charge in [0.1, 0.15) is 0 Å². The maximum atomic E-state index is 11.0. The topological polar surface area (TPSA) is 44.8 Å². The molecule has 2 heterocycles. The van der Waals surface area contributed by atoms with Crippen molar-refractivity contribution in [3.05, 3.63) is 5.21 Å². The molecule has 2 fully saturated rings. The van der Waals surface area contributed by atoms with Gasteiger partial charge < -0.3 is 19.7 Å². The normalized spacial score (nSPS) is 41.2. The second-order valence-corrected chi connectivity index (χ2v) is 3.86. The molecule has 2 aliphatic heterocycles. The molecule has 4 nitrogen and oxygen atoms in total. The van der Waals surface area contributed by atoms with Crippen LogP contribution in [-0.4, -0.2) is 36.1 Å². The monoisotopic (exact) mass is 172 g/mol. The van der Waals surface area contributed by atoms with E-state index >= 15 is 0 Å². The Bertz CT molecular complexity index is 183. The summed E-state index contributed by atoms with van der Waals surface area (Å²) >= 11 is 0. The van der Waals surface area contributed by atoms with E-state index in [-0.39, 0.29) is 12.1 Å². The van der Waals surface area contributed by atoms with Crippen molar-refractivity contribution in [1.82, 2.24) is 5.06 Å². The van der Waals surface area contributed by atoms with Crippen LogP contribution in [0.5, 0.6) is 0 Å². The molecule has 1 unspecified atom stereocenters. The Kier molecular flexibility index (Phi) is 1.88. The lowest BCUT2D eigenvalue weighted by Crippen LogP contribution is -2.52. The van der Waals surface area contributed by atoms with Gasteiger partial charge in [0, 0.05) is 6.04 Å². The first kappa shape index (κ1) is 8.44. The molecule has 0 aromatic heterocycles. The summed E-state index contributed by atoms with van der Waals surface area (Å²) in [6.45, 7) is 4.95. The van der Waals surface area contributed by atoms with E-state index in [1.165, 1.54) is 0 Å². The highest BCUT2D eigenvalue weighted by Gasteiger charge is 2.40. The Morgan fingerprint density at radius 2 is 2.25 bits per heavy atom. The summed E-state index contributed by atoms with van der Waals surface area (Å²) < 4.78 is 10.9. The van der Waals surface area contributed by atoms with E-state index in [1.54, 1.807) is 0 Å². The van der Waals surface area contributed by atoms with Gasteiger partial charge >= 0.3 is 0 Å². The van der Waals surface area contributed by atoms with Gasteiger partial charge in [0.05, 0.1) is 12.7 Å². The van der Waals surface area contributed by atoms with Gasteiger partial charge in [-0.2, -0.15) is 0 Å². The van der Waals surface area contributed by atoms with Crippen LogP contribution in [0, 0.1) is 5.21 Å². The fourth-order valence-electron chi connectivity index (χ4n) is 1.66. The molecule has 12 heavy (non-hydrogen) atoms. The Morgan fingerprint density at radius 1 is 1.50 bits per heavy atom. The average molecular weight is 172 g/mol. The third kappa shape index (κ3) is 1.35. The smallest absolute Gasteiger partial charge is 0.163 e. The first-order valence-corrected chi connectivity index (χ1v) is 4.34. The van der Waals surface area contributed by atoms with Crippen LogP contribution in [0.4, 0.5) is 0 Å². The Morgan fingerprint density at radius 3 is 2.58 bits per heavy atom. The molecule has 0 N–H and O–H groups in total. The highest BCUT2D eigenvalue weighted by molar-refractivity contribution is 4.92. The van der Waals surface area contributed by atoms with Gasteiger partial charge in [-0.05, 0) is 26.8 Å². The second kappa shape index (κ2) is 2.67. The molecule has 70 valence electrons. The summed E-state index contributed by atoms with van der Waals surface area (Å²) in [7, 11) is 0. The molecule has 0 bridgehead atoms. The zero-order valence-corrected chi connectivity index (χ0v) is 7.45. The number of hydrogen-bond acceptors (Lipinski definition) is 4. The van der Waals surface area contributed by atoms with E-state index in [2.05, 4.69) is 0 Å². The lowest BCUT2D eigenvalue weighted by molar-refractivity contribution is -0.150. The van der Waals surface area contributed by atoms with E-state index in [0.717, 1.165) is 11.5 Å². The van der Waals surface area contributed by atoms with Crippen molar-refractivity contribution in [3.8, 4) is 0 Å². The Balaban J connectivity index is 1.91. The fraction of sp³-hybridized carbons (Fsp3) is 1.00. The molecule has 0 radical (unpaired) electrons. The van der Waals surface area contributed by atoms with Gasteiger partial charge in [-0.3, -0.25) is 0 Å². The summed E-state index contributed by atoms with van der Waals surface area (Å²) in [5.41, 5.74) is 0. The van der Waals surface area contributed by atoms with Gasteiger partial charge in [-0.15, -0.1) is 0 Å². The minimum atomic E-state index is -0.499. The number of hydrogen-bond donors (Lipinski definition) is 0. The van der Waals surface area contributed by atoms with Crippen molar-refractivity contribution in [3.63, 3.8) is 0 Å². The van der Waals surface area contributed by atoms with E-state index < -0.39 is 5.79 Å². The van der Waals surface area contributed by atoms with Crippen LogP contribution in [-0.2, 0) is 9.47 Å². The molecule has 0 saturated carbocycles. The largest absolute Gasteiger partial charge is 0.785 e. The molecule has 0 aromatic carbocycles. The highest BCUT2D eigenvalue weighted by Crippen LogP contribution is 2.30. The maximum absolute atomic E-state index is 11.0. The van der Waals surface area contributed by atoms with E-state index in [0.29, 0.717) is 13.2 Å². The molecule has 2 saturated heterocycles. The quantitative estimate of drug-likeness (QED) is 0.584. The van der Waals surface area contributed by atoms with Crippen molar-refractivity contribution in [2.75, 3.05) is 13.2 Å². The molecular formula is C8H14NO3-. The van der Waals surface area contributed by atoms with E-state index in [1.807, 2.05) is 13.8 Å². The number of nitrogens with zero attached hydrogens (tertiary/aromatic N) is 1. The third-order valence-corrected chi connectivity index (χ3v) is 2.47. The van der Waals surface area contributed by atoms with Crippen molar-refractivity contribution >= 4 is 0 Å². The average Bonchev–Trinajstić information content (AvgIpc) is 2.27. The van der Waals surface area contributed by atoms with E-state index in [9.17, 15) is 5.21 Å². The predicted molar refractivity (Wildman–Crippen MR) is 43.4 cm³/mol.